The molecule has 0 aromatic carbocycles. The van der Waals surface area contributed by atoms with E-state index in [1.807, 2.05) is 13.0 Å². The highest BCUT2D eigenvalue weighted by Gasteiger charge is 2.25. The van der Waals surface area contributed by atoms with Gasteiger partial charge >= 0.3 is 0 Å². The number of rotatable bonds is 7. The van der Waals surface area contributed by atoms with Crippen LogP contribution >= 0.6 is 0 Å². The van der Waals surface area contributed by atoms with Gasteiger partial charge in [-0.3, -0.25) is 0 Å². The summed E-state index contributed by atoms with van der Waals surface area (Å²) in [6.45, 7) is 4.42. The highest BCUT2D eigenvalue weighted by Crippen LogP contribution is 2.16. The van der Waals surface area contributed by atoms with Crippen molar-refractivity contribution in [3.63, 3.8) is 0 Å². The van der Waals surface area contributed by atoms with E-state index in [1.54, 1.807) is 6.92 Å². The molecule has 0 aliphatic rings. The zero-order valence-corrected chi connectivity index (χ0v) is 12.7. The molecule has 0 bridgehead atoms. The van der Waals surface area contributed by atoms with Crippen LogP contribution in [0.2, 0.25) is 0 Å². The molecular weight excluding hydrogens is 278 g/mol. The molecule has 8 heteroatoms. The topological polar surface area (TPSA) is 99.0 Å². The normalized spacial score (nSPS) is 12.9. The molecule has 1 unspecified atom stereocenters. The Hall–Kier alpha value is -1.72. The summed E-state index contributed by atoms with van der Waals surface area (Å²) in [5, 5.41) is 11.6. The van der Waals surface area contributed by atoms with Crippen molar-refractivity contribution >= 4 is 16.0 Å². The molecule has 1 N–H and O–H groups in total. The zero-order valence-electron chi connectivity index (χ0n) is 11.9. The molecule has 1 aromatic heterocycles. The molecule has 0 spiro atoms. The van der Waals surface area contributed by atoms with Gasteiger partial charge in [-0.2, -0.15) is 9.57 Å². The van der Waals surface area contributed by atoms with Crippen molar-refractivity contribution in [2.24, 2.45) is 0 Å². The highest BCUT2D eigenvalue weighted by atomic mass is 32.2. The van der Waals surface area contributed by atoms with Gasteiger partial charge in [0.1, 0.15) is 4.90 Å². The predicted octanol–water partition coefficient (Wildman–Crippen LogP) is 1.22. The van der Waals surface area contributed by atoms with Gasteiger partial charge in [0.05, 0.1) is 24.9 Å². The Morgan fingerprint density at radius 3 is 2.55 bits per heavy atom. The third-order valence-electron chi connectivity index (χ3n) is 2.85. The van der Waals surface area contributed by atoms with Gasteiger partial charge in [-0.15, -0.1) is 0 Å². The van der Waals surface area contributed by atoms with E-state index < -0.39 is 16.1 Å². The molecule has 1 atom stereocenters. The Morgan fingerprint density at radius 2 is 2.05 bits per heavy atom. The first-order valence-electron chi connectivity index (χ1n) is 6.34. The highest BCUT2D eigenvalue weighted by molar-refractivity contribution is 7.89. The molecule has 0 radical (unpaired) electrons. The maximum atomic E-state index is 12.3. The van der Waals surface area contributed by atoms with Gasteiger partial charge < -0.3 is 5.32 Å². The number of nitriles is 1. The minimum Gasteiger partial charge on any atom is -0.354 e. The molecule has 1 aromatic rings. The van der Waals surface area contributed by atoms with Crippen LogP contribution in [-0.4, -0.2) is 42.3 Å². The number of hydrogen-bond donors (Lipinski definition) is 1. The zero-order chi connectivity index (χ0) is 15.2. The minimum atomic E-state index is -3.67. The van der Waals surface area contributed by atoms with E-state index in [4.69, 9.17) is 5.26 Å². The molecular formula is C12H19N5O2S. The van der Waals surface area contributed by atoms with Crippen LogP contribution in [0.15, 0.2) is 17.3 Å². The van der Waals surface area contributed by atoms with Crippen molar-refractivity contribution in [3.8, 4) is 6.07 Å². The standard InChI is InChI=1S/C12H19N5O2S/c1-4-7-14-12-15-8-11(9-16-12)20(18,19)17(3)10(2)5-6-13/h8-10H,4-5,7H2,1-3H3,(H,14,15,16). The van der Waals surface area contributed by atoms with Crippen molar-refractivity contribution in [1.29, 1.82) is 5.26 Å². The Morgan fingerprint density at radius 1 is 1.45 bits per heavy atom. The van der Waals surface area contributed by atoms with Crippen LogP contribution in [0.3, 0.4) is 0 Å². The largest absolute Gasteiger partial charge is 0.354 e. The fourth-order valence-electron chi connectivity index (χ4n) is 1.44. The second-order valence-corrected chi connectivity index (χ2v) is 6.40. The fourth-order valence-corrected chi connectivity index (χ4v) is 2.69. The molecule has 0 amide bonds. The third kappa shape index (κ3) is 3.88. The van der Waals surface area contributed by atoms with E-state index >= 15 is 0 Å². The van der Waals surface area contributed by atoms with E-state index in [0.717, 1.165) is 17.3 Å². The second kappa shape index (κ2) is 7.17. The van der Waals surface area contributed by atoms with Crippen molar-refractivity contribution in [1.82, 2.24) is 14.3 Å². The lowest BCUT2D eigenvalue weighted by molar-refractivity contribution is 0.393. The van der Waals surface area contributed by atoms with Crippen molar-refractivity contribution < 1.29 is 8.42 Å². The van der Waals surface area contributed by atoms with Gasteiger partial charge in [0.15, 0.2) is 0 Å². The van der Waals surface area contributed by atoms with Crippen LogP contribution in [-0.2, 0) is 10.0 Å². The van der Waals surface area contributed by atoms with E-state index in [9.17, 15) is 8.42 Å². The number of sulfonamides is 1. The summed E-state index contributed by atoms with van der Waals surface area (Å²) in [6.07, 6.45) is 3.61. The smallest absolute Gasteiger partial charge is 0.246 e. The summed E-state index contributed by atoms with van der Waals surface area (Å²) in [6, 6.07) is 1.56. The first kappa shape index (κ1) is 16.3. The third-order valence-corrected chi connectivity index (χ3v) is 4.77. The predicted molar refractivity (Wildman–Crippen MR) is 75.5 cm³/mol. The maximum absolute atomic E-state index is 12.3. The molecule has 0 fully saturated rings. The summed E-state index contributed by atoms with van der Waals surface area (Å²) < 4.78 is 25.7. The number of aromatic nitrogens is 2. The molecule has 0 aliphatic carbocycles. The fraction of sp³-hybridized carbons (Fsp3) is 0.583. The minimum absolute atomic E-state index is 0.0202. The monoisotopic (exact) mass is 297 g/mol. The van der Waals surface area contributed by atoms with Crippen LogP contribution < -0.4 is 5.32 Å². The number of nitrogens with zero attached hydrogens (tertiary/aromatic N) is 4. The van der Waals surface area contributed by atoms with Crippen molar-refractivity contribution in [2.75, 3.05) is 18.9 Å². The lowest BCUT2D eigenvalue weighted by Gasteiger charge is -2.21. The van der Waals surface area contributed by atoms with E-state index in [1.165, 1.54) is 19.4 Å². The molecule has 0 saturated carbocycles. The molecule has 1 rings (SSSR count). The van der Waals surface area contributed by atoms with Gasteiger partial charge in [0.2, 0.25) is 16.0 Å². The average Bonchev–Trinajstić information content (AvgIpc) is 2.45. The van der Waals surface area contributed by atoms with Gasteiger partial charge in [-0.1, -0.05) is 6.92 Å². The van der Waals surface area contributed by atoms with Crippen molar-refractivity contribution in [3.05, 3.63) is 12.4 Å². The van der Waals surface area contributed by atoms with Gasteiger partial charge in [-0.25, -0.2) is 18.4 Å². The molecule has 1 heterocycles. The summed E-state index contributed by atoms with van der Waals surface area (Å²) in [7, 11) is -2.22. The summed E-state index contributed by atoms with van der Waals surface area (Å²) in [5.41, 5.74) is 0. The van der Waals surface area contributed by atoms with Crippen LogP contribution in [0.25, 0.3) is 0 Å². The summed E-state index contributed by atoms with van der Waals surface area (Å²) >= 11 is 0. The quantitative estimate of drug-likeness (QED) is 0.812. The molecule has 7 nitrogen and oxygen atoms in total. The SMILES string of the molecule is CCCNc1ncc(S(=O)(=O)N(C)C(C)CC#N)cn1. The number of anilines is 1. The first-order valence-corrected chi connectivity index (χ1v) is 7.78. The molecule has 110 valence electrons. The lowest BCUT2D eigenvalue weighted by atomic mass is 10.3. The summed E-state index contributed by atoms with van der Waals surface area (Å²) in [4.78, 5) is 7.97. The van der Waals surface area contributed by atoms with Crippen molar-refractivity contribution in [2.45, 2.75) is 37.6 Å². The second-order valence-electron chi connectivity index (χ2n) is 4.40. The summed E-state index contributed by atoms with van der Waals surface area (Å²) in [5.74, 6) is 0.401. The van der Waals surface area contributed by atoms with Crippen LogP contribution in [0.1, 0.15) is 26.7 Å². The molecule has 20 heavy (non-hydrogen) atoms. The first-order chi connectivity index (χ1) is 9.43. The molecule has 0 saturated heterocycles. The van der Waals surface area contributed by atoms with E-state index in [0.29, 0.717) is 5.95 Å². The van der Waals surface area contributed by atoms with E-state index in [-0.39, 0.29) is 11.3 Å². The Balaban J connectivity index is 2.90. The Labute approximate surface area is 119 Å². The number of hydrogen-bond acceptors (Lipinski definition) is 6. The Kier molecular flexibility index (Phi) is 5.85. The van der Waals surface area contributed by atoms with Gasteiger partial charge in [0, 0.05) is 19.6 Å². The van der Waals surface area contributed by atoms with Crippen LogP contribution in [0, 0.1) is 11.3 Å². The van der Waals surface area contributed by atoms with Crippen LogP contribution in [0.4, 0.5) is 5.95 Å². The lowest BCUT2D eigenvalue weighted by Crippen LogP contribution is -2.35. The van der Waals surface area contributed by atoms with E-state index in [2.05, 4.69) is 15.3 Å². The van der Waals surface area contributed by atoms with Gasteiger partial charge in [-0.05, 0) is 13.3 Å². The number of nitrogens with one attached hydrogen (secondary N) is 1. The average molecular weight is 297 g/mol. The van der Waals surface area contributed by atoms with Gasteiger partial charge in [0.25, 0.3) is 0 Å². The maximum Gasteiger partial charge on any atom is 0.246 e. The Bertz CT molecular complexity index is 565. The molecule has 0 aliphatic heterocycles. The van der Waals surface area contributed by atoms with Crippen LogP contribution in [0.5, 0.6) is 0 Å².